The first kappa shape index (κ1) is 21.3. The molecular formula is C18H22BrCl2NO2. The third-order valence-corrected chi connectivity index (χ3v) is 4.24. The van der Waals surface area contributed by atoms with Gasteiger partial charge < -0.3 is 14.8 Å². The van der Waals surface area contributed by atoms with Gasteiger partial charge >= 0.3 is 0 Å². The highest BCUT2D eigenvalue weighted by Crippen LogP contribution is 2.25. The molecule has 2 aromatic rings. The van der Waals surface area contributed by atoms with Gasteiger partial charge in [-0.05, 0) is 37.2 Å². The largest absolute Gasteiger partial charge is 0.489 e. The van der Waals surface area contributed by atoms with Gasteiger partial charge in [-0.2, -0.15) is 0 Å². The highest BCUT2D eigenvalue weighted by Gasteiger charge is 2.06. The molecule has 1 N–H and O–H groups in total. The average molecular weight is 435 g/mol. The van der Waals surface area contributed by atoms with Crippen LogP contribution in [0.1, 0.15) is 17.5 Å². The molecule has 0 saturated carbocycles. The van der Waals surface area contributed by atoms with E-state index in [1.807, 2.05) is 36.4 Å². The predicted molar refractivity (Wildman–Crippen MR) is 105 cm³/mol. The molecule has 2 rings (SSSR count). The Kier molecular flexibility index (Phi) is 10.4. The molecule has 132 valence electrons. The molecule has 0 unspecified atom stereocenters. The van der Waals surface area contributed by atoms with Crippen molar-refractivity contribution in [3.8, 4) is 5.75 Å². The Hall–Kier alpha value is -0.780. The number of hydrogen-bond acceptors (Lipinski definition) is 3. The van der Waals surface area contributed by atoms with Crippen molar-refractivity contribution in [1.29, 1.82) is 0 Å². The van der Waals surface area contributed by atoms with E-state index in [1.54, 1.807) is 7.11 Å². The third-order valence-electron chi connectivity index (χ3n) is 3.38. The second-order valence-electron chi connectivity index (χ2n) is 5.16. The van der Waals surface area contributed by atoms with E-state index in [-0.39, 0.29) is 12.4 Å². The summed E-state index contributed by atoms with van der Waals surface area (Å²) in [6.07, 6.45) is 0.986. The van der Waals surface area contributed by atoms with Crippen LogP contribution in [-0.4, -0.2) is 20.3 Å². The molecule has 0 fully saturated rings. The first-order valence-corrected chi connectivity index (χ1v) is 8.72. The summed E-state index contributed by atoms with van der Waals surface area (Å²) in [7, 11) is 1.72. The van der Waals surface area contributed by atoms with Crippen LogP contribution < -0.4 is 10.1 Å². The number of halogens is 3. The molecular weight excluding hydrogens is 413 g/mol. The molecule has 0 amide bonds. The summed E-state index contributed by atoms with van der Waals surface area (Å²) in [5, 5.41) is 4.13. The summed E-state index contributed by atoms with van der Waals surface area (Å²) >= 11 is 9.69. The molecule has 0 aliphatic carbocycles. The number of methoxy groups -OCH3 is 1. The minimum atomic E-state index is 0. The number of benzene rings is 2. The Morgan fingerprint density at radius 2 is 1.92 bits per heavy atom. The number of hydrogen-bond donors (Lipinski definition) is 1. The summed E-state index contributed by atoms with van der Waals surface area (Å²) in [6, 6.07) is 13.8. The summed E-state index contributed by atoms with van der Waals surface area (Å²) in [4.78, 5) is 0. The first-order chi connectivity index (χ1) is 11.2. The van der Waals surface area contributed by atoms with Crippen molar-refractivity contribution in [2.45, 2.75) is 19.6 Å². The second kappa shape index (κ2) is 11.7. The Balaban J connectivity index is 0.00000288. The summed E-state index contributed by atoms with van der Waals surface area (Å²) < 4.78 is 12.1. The Morgan fingerprint density at radius 1 is 1.12 bits per heavy atom. The van der Waals surface area contributed by atoms with Crippen molar-refractivity contribution in [1.82, 2.24) is 5.32 Å². The van der Waals surface area contributed by atoms with E-state index in [4.69, 9.17) is 21.1 Å². The smallest absolute Gasteiger partial charge is 0.124 e. The summed E-state index contributed by atoms with van der Waals surface area (Å²) in [5.74, 6) is 0.868. The molecule has 0 bridgehead atoms. The molecule has 0 saturated heterocycles. The average Bonchev–Trinajstić information content (AvgIpc) is 2.55. The highest BCUT2D eigenvalue weighted by molar-refractivity contribution is 9.10. The van der Waals surface area contributed by atoms with E-state index in [0.717, 1.165) is 52.5 Å². The number of nitrogens with one attached hydrogen (secondary N) is 1. The van der Waals surface area contributed by atoms with Gasteiger partial charge in [0.25, 0.3) is 0 Å². The van der Waals surface area contributed by atoms with Crippen LogP contribution in [0.25, 0.3) is 0 Å². The molecule has 6 heteroatoms. The van der Waals surface area contributed by atoms with Gasteiger partial charge in [0.05, 0.1) is 0 Å². The van der Waals surface area contributed by atoms with Gasteiger partial charge in [0.15, 0.2) is 0 Å². The lowest BCUT2D eigenvalue weighted by molar-refractivity contribution is 0.194. The van der Waals surface area contributed by atoms with E-state index in [0.29, 0.717) is 6.61 Å². The predicted octanol–water partition coefficient (Wildman–Crippen LogP) is 5.23. The van der Waals surface area contributed by atoms with Crippen LogP contribution in [0.2, 0.25) is 5.02 Å². The number of ether oxygens (including phenoxy) is 2. The van der Waals surface area contributed by atoms with Gasteiger partial charge in [0.2, 0.25) is 0 Å². The van der Waals surface area contributed by atoms with Crippen molar-refractivity contribution in [2.75, 3.05) is 20.3 Å². The fraction of sp³-hybridized carbons (Fsp3) is 0.333. The normalized spacial score (nSPS) is 10.3. The van der Waals surface area contributed by atoms with Gasteiger partial charge in [-0.3, -0.25) is 0 Å². The van der Waals surface area contributed by atoms with Crippen molar-refractivity contribution >= 4 is 39.9 Å². The maximum absolute atomic E-state index is 6.18. The van der Waals surface area contributed by atoms with Crippen LogP contribution >= 0.6 is 39.9 Å². The third kappa shape index (κ3) is 6.99. The van der Waals surface area contributed by atoms with E-state index in [9.17, 15) is 0 Å². The Labute approximate surface area is 163 Å². The van der Waals surface area contributed by atoms with Crippen molar-refractivity contribution in [2.24, 2.45) is 0 Å². The Morgan fingerprint density at radius 3 is 2.67 bits per heavy atom. The molecule has 24 heavy (non-hydrogen) atoms. The SMILES string of the molecule is COCCCNCc1cc(Br)ccc1OCc1ccccc1Cl.Cl. The molecule has 3 nitrogen and oxygen atoms in total. The molecule has 2 aromatic carbocycles. The van der Waals surface area contributed by atoms with Gasteiger partial charge in [-0.25, -0.2) is 0 Å². The second-order valence-corrected chi connectivity index (χ2v) is 6.48. The van der Waals surface area contributed by atoms with E-state index in [1.165, 1.54) is 0 Å². The molecule has 0 aromatic heterocycles. The zero-order chi connectivity index (χ0) is 16.5. The van der Waals surface area contributed by atoms with Crippen LogP contribution in [0, 0.1) is 0 Å². The van der Waals surface area contributed by atoms with Crippen LogP contribution in [0.4, 0.5) is 0 Å². The molecule has 0 radical (unpaired) electrons. The van der Waals surface area contributed by atoms with Gasteiger partial charge in [0.1, 0.15) is 12.4 Å². The molecule has 0 spiro atoms. The Bertz CT molecular complexity index is 626. The summed E-state index contributed by atoms with van der Waals surface area (Å²) in [6.45, 7) is 2.88. The minimum Gasteiger partial charge on any atom is -0.489 e. The van der Waals surface area contributed by atoms with E-state index < -0.39 is 0 Å². The molecule has 0 atom stereocenters. The maximum atomic E-state index is 6.18. The summed E-state index contributed by atoms with van der Waals surface area (Å²) in [5.41, 5.74) is 2.10. The van der Waals surface area contributed by atoms with E-state index >= 15 is 0 Å². The van der Waals surface area contributed by atoms with Crippen LogP contribution in [0.3, 0.4) is 0 Å². The topological polar surface area (TPSA) is 30.5 Å². The minimum absolute atomic E-state index is 0. The lowest BCUT2D eigenvalue weighted by atomic mass is 10.2. The molecule has 0 aliphatic rings. The zero-order valence-corrected chi connectivity index (χ0v) is 16.7. The first-order valence-electron chi connectivity index (χ1n) is 7.55. The molecule has 0 aliphatic heterocycles. The van der Waals surface area contributed by atoms with Crippen molar-refractivity contribution < 1.29 is 9.47 Å². The van der Waals surface area contributed by atoms with E-state index in [2.05, 4.69) is 27.3 Å². The van der Waals surface area contributed by atoms with Gasteiger partial charge in [0, 0.05) is 40.9 Å². The van der Waals surface area contributed by atoms with Gasteiger partial charge in [-0.15, -0.1) is 12.4 Å². The maximum Gasteiger partial charge on any atom is 0.124 e. The van der Waals surface area contributed by atoms with Crippen molar-refractivity contribution in [3.05, 3.63) is 63.1 Å². The van der Waals surface area contributed by atoms with Crippen LogP contribution in [-0.2, 0) is 17.9 Å². The fourth-order valence-electron chi connectivity index (χ4n) is 2.16. The molecule has 0 heterocycles. The van der Waals surface area contributed by atoms with Crippen LogP contribution in [0.5, 0.6) is 5.75 Å². The van der Waals surface area contributed by atoms with Crippen LogP contribution in [0.15, 0.2) is 46.9 Å². The lowest BCUT2D eigenvalue weighted by Crippen LogP contribution is -2.16. The number of rotatable bonds is 9. The quantitative estimate of drug-likeness (QED) is 0.548. The highest BCUT2D eigenvalue weighted by atomic mass is 79.9. The fourth-order valence-corrected chi connectivity index (χ4v) is 2.76. The zero-order valence-electron chi connectivity index (χ0n) is 13.6. The van der Waals surface area contributed by atoms with Crippen molar-refractivity contribution in [3.63, 3.8) is 0 Å². The standard InChI is InChI=1S/C18H21BrClNO2.ClH/c1-22-10-4-9-21-12-15-11-16(19)7-8-18(15)23-13-14-5-2-3-6-17(14)20;/h2-3,5-8,11,21H,4,9-10,12-13H2,1H3;1H. The van der Waals surface area contributed by atoms with Gasteiger partial charge in [-0.1, -0.05) is 45.7 Å². The lowest BCUT2D eigenvalue weighted by Gasteiger charge is -2.13. The monoisotopic (exact) mass is 433 g/mol.